The van der Waals surface area contributed by atoms with E-state index in [1.165, 1.54) is 6.20 Å². The number of alkyl halides is 2. The average molecular weight is 531 g/mol. The molecule has 2 aliphatic heterocycles. The van der Waals surface area contributed by atoms with Crippen molar-refractivity contribution in [1.82, 2.24) is 20.1 Å². The maximum absolute atomic E-state index is 13.4. The molecule has 0 fully saturated rings. The Morgan fingerprint density at radius 3 is 2.95 bits per heavy atom. The Morgan fingerprint density at radius 1 is 1.33 bits per heavy atom. The van der Waals surface area contributed by atoms with E-state index in [0.717, 1.165) is 27.4 Å². The molecule has 5 rings (SSSR count). The average Bonchev–Trinajstić information content (AvgIpc) is 3.39. The number of benzene rings is 1. The number of halogens is 2. The fourth-order valence-electron chi connectivity index (χ4n) is 4.92. The highest BCUT2D eigenvalue weighted by atomic mass is 19.3. The number of pyridine rings is 1. The lowest BCUT2D eigenvalue weighted by Gasteiger charge is -2.30. The van der Waals surface area contributed by atoms with Gasteiger partial charge < -0.3 is 15.0 Å². The SMILES string of the molecule is C=C(/C=c1/cc(N2CCn3ncc(C(F)F)c3C2)cn/c1=C/C)CNC(=O)c1ccc2c(c1)C(C#N)COC2. The number of nitrogens with zero attached hydrogens (tertiary/aromatic N) is 5. The molecule has 0 bridgehead atoms. The molecule has 1 N–H and O–H groups in total. The quantitative estimate of drug-likeness (QED) is 0.527. The maximum Gasteiger partial charge on any atom is 0.267 e. The zero-order chi connectivity index (χ0) is 27.5. The second kappa shape index (κ2) is 11.2. The first-order valence-electron chi connectivity index (χ1n) is 12.7. The number of hydrogen-bond acceptors (Lipinski definition) is 6. The molecule has 1 atom stereocenters. The van der Waals surface area contributed by atoms with Crippen LogP contribution in [0.5, 0.6) is 0 Å². The van der Waals surface area contributed by atoms with Crippen LogP contribution >= 0.6 is 0 Å². The number of ether oxygens (including phenoxy) is 1. The predicted octanol–water partition coefficient (Wildman–Crippen LogP) is 2.94. The molecule has 1 amide bonds. The van der Waals surface area contributed by atoms with Crippen LogP contribution in [-0.2, 0) is 24.4 Å². The molecule has 0 saturated heterocycles. The molecule has 3 aromatic rings. The summed E-state index contributed by atoms with van der Waals surface area (Å²) in [5.74, 6) is -0.653. The largest absolute Gasteiger partial charge is 0.375 e. The minimum Gasteiger partial charge on any atom is -0.375 e. The second-order valence-electron chi connectivity index (χ2n) is 9.54. The Hall–Kier alpha value is -4.36. The van der Waals surface area contributed by atoms with Crippen LogP contribution in [0.25, 0.3) is 12.2 Å². The van der Waals surface area contributed by atoms with Gasteiger partial charge in [-0.05, 0) is 47.9 Å². The van der Waals surface area contributed by atoms with E-state index < -0.39 is 12.3 Å². The number of nitriles is 1. The van der Waals surface area contributed by atoms with Crippen LogP contribution in [0.3, 0.4) is 0 Å². The molecule has 200 valence electrons. The van der Waals surface area contributed by atoms with Gasteiger partial charge in [0.1, 0.15) is 0 Å². The number of hydrogen-bond donors (Lipinski definition) is 1. The fourth-order valence-corrected chi connectivity index (χ4v) is 4.92. The minimum absolute atomic E-state index is 0.0440. The molecule has 4 heterocycles. The van der Waals surface area contributed by atoms with Crippen LogP contribution in [0.2, 0.25) is 0 Å². The first-order valence-corrected chi connectivity index (χ1v) is 12.7. The molecule has 8 nitrogen and oxygen atoms in total. The van der Waals surface area contributed by atoms with Crippen LogP contribution < -0.4 is 20.8 Å². The van der Waals surface area contributed by atoms with Gasteiger partial charge in [-0.25, -0.2) is 8.78 Å². The lowest BCUT2D eigenvalue weighted by molar-refractivity contribution is 0.0952. The molecule has 2 aromatic heterocycles. The van der Waals surface area contributed by atoms with Crippen LogP contribution in [0.4, 0.5) is 14.5 Å². The number of rotatable bonds is 6. The molecule has 0 aliphatic carbocycles. The number of fused-ring (bicyclic) bond motifs is 2. The third-order valence-corrected chi connectivity index (χ3v) is 7.03. The summed E-state index contributed by atoms with van der Waals surface area (Å²) in [7, 11) is 0. The van der Waals surface area contributed by atoms with Crippen molar-refractivity contribution in [3.8, 4) is 6.07 Å². The summed E-state index contributed by atoms with van der Waals surface area (Å²) in [5, 5.41) is 18.0. The maximum atomic E-state index is 13.4. The van der Waals surface area contributed by atoms with Gasteiger partial charge in [0.15, 0.2) is 0 Å². The molecular formula is C29H28F2N6O2. The summed E-state index contributed by atoms with van der Waals surface area (Å²) >= 11 is 0. The van der Waals surface area contributed by atoms with E-state index in [9.17, 15) is 18.8 Å². The topological polar surface area (TPSA) is 96.1 Å². The van der Waals surface area contributed by atoms with E-state index in [-0.39, 0.29) is 18.0 Å². The van der Waals surface area contributed by atoms with Crippen molar-refractivity contribution < 1.29 is 18.3 Å². The number of carbonyl (C=O) groups excluding carboxylic acids is 1. The van der Waals surface area contributed by atoms with Crippen LogP contribution in [0.15, 0.2) is 48.8 Å². The standard InChI is InChI=1S/C29H28F2N6O2/c1-3-26-21(9-23(13-33-26)36-6-7-37-27(15-36)25(14-35-37)28(30)31)8-18(2)12-34-29(38)19-4-5-20-16-39-17-22(11-32)24(20)10-19/h3-5,8-10,13-14,22,28H,2,6-7,12,15-17H2,1H3,(H,34,38)/b21-8-,26-3+. The van der Waals surface area contributed by atoms with Crippen molar-refractivity contribution in [2.24, 2.45) is 0 Å². The van der Waals surface area contributed by atoms with E-state index in [2.05, 4.69) is 28.0 Å². The van der Waals surface area contributed by atoms with Crippen molar-refractivity contribution >= 4 is 23.7 Å². The van der Waals surface area contributed by atoms with Crippen molar-refractivity contribution in [2.45, 2.75) is 39.0 Å². The van der Waals surface area contributed by atoms with Gasteiger partial charge in [0.2, 0.25) is 0 Å². The van der Waals surface area contributed by atoms with Crippen LogP contribution in [0.1, 0.15) is 52.0 Å². The minimum atomic E-state index is -2.57. The molecule has 10 heteroatoms. The summed E-state index contributed by atoms with van der Waals surface area (Å²) < 4.78 is 33.9. The summed E-state index contributed by atoms with van der Waals surface area (Å²) in [4.78, 5) is 19.4. The fraction of sp³-hybridized carbons (Fsp3) is 0.310. The third-order valence-electron chi connectivity index (χ3n) is 7.03. The molecule has 0 spiro atoms. The number of amides is 1. The molecule has 1 unspecified atom stereocenters. The van der Waals surface area contributed by atoms with E-state index in [0.29, 0.717) is 49.7 Å². The Balaban J connectivity index is 1.31. The van der Waals surface area contributed by atoms with Crippen molar-refractivity contribution in [2.75, 3.05) is 24.6 Å². The van der Waals surface area contributed by atoms with Gasteiger partial charge in [-0.2, -0.15) is 10.4 Å². The zero-order valence-corrected chi connectivity index (χ0v) is 21.5. The van der Waals surface area contributed by atoms with Gasteiger partial charge in [-0.3, -0.25) is 14.5 Å². The monoisotopic (exact) mass is 530 g/mol. The van der Waals surface area contributed by atoms with Crippen molar-refractivity contribution in [3.05, 3.63) is 87.3 Å². The third kappa shape index (κ3) is 5.45. The van der Waals surface area contributed by atoms with Gasteiger partial charge in [0.25, 0.3) is 12.3 Å². The molecular weight excluding hydrogens is 502 g/mol. The molecule has 2 aliphatic rings. The smallest absolute Gasteiger partial charge is 0.267 e. The summed E-state index contributed by atoms with van der Waals surface area (Å²) in [5.41, 5.74) is 4.16. The Kier molecular flexibility index (Phi) is 7.52. The summed E-state index contributed by atoms with van der Waals surface area (Å²) in [6.07, 6.45) is 4.15. The highest BCUT2D eigenvalue weighted by Crippen LogP contribution is 2.28. The number of aromatic nitrogens is 3. The van der Waals surface area contributed by atoms with Crippen molar-refractivity contribution in [3.63, 3.8) is 0 Å². The van der Waals surface area contributed by atoms with Crippen molar-refractivity contribution in [1.29, 1.82) is 5.26 Å². The molecule has 0 radical (unpaired) electrons. The first kappa shape index (κ1) is 26.3. The molecule has 1 aromatic carbocycles. The summed E-state index contributed by atoms with van der Waals surface area (Å²) in [6.45, 7) is 8.38. The highest BCUT2D eigenvalue weighted by Gasteiger charge is 2.25. The normalized spacial score (nSPS) is 17.5. The molecule has 0 saturated carbocycles. The second-order valence-corrected chi connectivity index (χ2v) is 9.54. The van der Waals surface area contributed by atoms with E-state index in [4.69, 9.17) is 4.74 Å². The summed E-state index contributed by atoms with van der Waals surface area (Å²) in [6, 6.07) is 9.50. The van der Waals surface area contributed by atoms with E-state index >= 15 is 0 Å². The van der Waals surface area contributed by atoms with Gasteiger partial charge in [0.05, 0.1) is 73.0 Å². The first-order chi connectivity index (χ1) is 18.9. The number of nitrogens with one attached hydrogen (secondary N) is 1. The molecule has 39 heavy (non-hydrogen) atoms. The van der Waals surface area contributed by atoms with Crippen LogP contribution in [-0.4, -0.2) is 40.4 Å². The van der Waals surface area contributed by atoms with E-state index in [1.54, 1.807) is 23.0 Å². The number of anilines is 1. The lowest BCUT2D eigenvalue weighted by Crippen LogP contribution is -2.37. The van der Waals surface area contributed by atoms with Gasteiger partial charge in [0, 0.05) is 23.9 Å². The zero-order valence-electron chi connectivity index (χ0n) is 21.5. The lowest BCUT2D eigenvalue weighted by atomic mass is 9.92. The number of carbonyl (C=O) groups is 1. The van der Waals surface area contributed by atoms with Crippen LogP contribution in [0, 0.1) is 11.3 Å². The Bertz CT molecular complexity index is 1590. The predicted molar refractivity (Wildman–Crippen MR) is 142 cm³/mol. The van der Waals surface area contributed by atoms with Gasteiger partial charge >= 0.3 is 0 Å². The Morgan fingerprint density at radius 2 is 2.18 bits per heavy atom. The highest BCUT2D eigenvalue weighted by molar-refractivity contribution is 5.94. The van der Waals surface area contributed by atoms with Gasteiger partial charge in [-0.15, -0.1) is 0 Å². The Labute approximate surface area is 224 Å². The van der Waals surface area contributed by atoms with E-state index in [1.807, 2.05) is 36.1 Å². The van der Waals surface area contributed by atoms with Gasteiger partial charge in [-0.1, -0.05) is 18.7 Å².